The van der Waals surface area contributed by atoms with Crippen molar-refractivity contribution in [3.63, 3.8) is 0 Å². The minimum atomic E-state index is -3.88. The van der Waals surface area contributed by atoms with Gasteiger partial charge in [0.15, 0.2) is 0 Å². The molecule has 34 heavy (non-hydrogen) atoms. The maximum Gasteiger partial charge on any atom is 0.410 e. The van der Waals surface area contributed by atoms with Crippen molar-refractivity contribution in [3.05, 3.63) is 39.9 Å². The fourth-order valence-corrected chi connectivity index (χ4v) is 4.42. The number of carbonyl (C=O) groups is 3. The maximum atomic E-state index is 13.1. The normalized spacial score (nSPS) is 20.6. The Morgan fingerprint density at radius 3 is 2.50 bits per heavy atom. The molecule has 4 amide bonds. The number of likely N-dealkylation sites (tertiary alicyclic amines) is 1. The zero-order valence-electron chi connectivity index (χ0n) is 18.2. The standard InChI is InChI=1S/C19H24N4O10S/c1-34(30,31)33-15-10-16(17(25)21-7-6-20(8-9-24)18(21)26)22(11-15)19(27)32-12-13-2-4-14(5-3-13)23(28)29/h2-5,15-16,24H,6-12H2,1H3/t15-,16+/m1/s1. The highest BCUT2D eigenvalue weighted by atomic mass is 32.2. The van der Waals surface area contributed by atoms with Crippen molar-refractivity contribution in [2.45, 2.75) is 25.2 Å². The number of nitro benzene ring substituents is 1. The van der Waals surface area contributed by atoms with E-state index >= 15 is 0 Å². The summed E-state index contributed by atoms with van der Waals surface area (Å²) in [6, 6.07) is 3.50. The third kappa shape index (κ3) is 5.98. The Labute approximate surface area is 194 Å². The number of aliphatic hydroxyl groups is 1. The SMILES string of the molecule is CS(=O)(=O)O[C@@H]1C[C@@H](C(=O)N2CCN(CCO)C2=O)N(C(=O)OCc2ccc([N+](=O)[O-])cc2)C1. The summed E-state index contributed by atoms with van der Waals surface area (Å²) < 4.78 is 33.3. The Morgan fingerprint density at radius 1 is 1.24 bits per heavy atom. The fourth-order valence-electron chi connectivity index (χ4n) is 3.79. The molecule has 0 aliphatic carbocycles. The molecule has 1 aromatic carbocycles. The number of non-ortho nitro benzene ring substituents is 1. The van der Waals surface area contributed by atoms with Crippen LogP contribution in [0.4, 0.5) is 15.3 Å². The summed E-state index contributed by atoms with van der Waals surface area (Å²) in [7, 11) is -3.88. The number of nitro groups is 1. The molecule has 0 unspecified atom stereocenters. The monoisotopic (exact) mass is 500 g/mol. The molecular weight excluding hydrogens is 476 g/mol. The van der Waals surface area contributed by atoms with E-state index in [9.17, 15) is 32.9 Å². The van der Waals surface area contributed by atoms with Gasteiger partial charge >= 0.3 is 12.1 Å². The van der Waals surface area contributed by atoms with E-state index in [1.165, 1.54) is 29.2 Å². The van der Waals surface area contributed by atoms with E-state index in [2.05, 4.69) is 0 Å². The largest absolute Gasteiger partial charge is 0.445 e. The van der Waals surface area contributed by atoms with Crippen molar-refractivity contribution in [3.8, 4) is 0 Å². The van der Waals surface area contributed by atoms with Crippen molar-refractivity contribution in [1.82, 2.24) is 14.7 Å². The van der Waals surface area contributed by atoms with Gasteiger partial charge in [0.2, 0.25) is 0 Å². The number of benzene rings is 1. The van der Waals surface area contributed by atoms with E-state index in [4.69, 9.17) is 14.0 Å². The smallest absolute Gasteiger partial charge is 0.410 e. The number of imide groups is 1. The molecule has 0 aromatic heterocycles. The first kappa shape index (κ1) is 25.3. The zero-order valence-corrected chi connectivity index (χ0v) is 19.0. The highest BCUT2D eigenvalue weighted by Gasteiger charge is 2.46. The fraction of sp³-hybridized carbons (Fsp3) is 0.526. The average molecular weight is 500 g/mol. The molecular formula is C19H24N4O10S. The Bertz CT molecular complexity index is 1060. The summed E-state index contributed by atoms with van der Waals surface area (Å²) >= 11 is 0. The second-order valence-electron chi connectivity index (χ2n) is 7.79. The molecule has 2 atom stereocenters. The van der Waals surface area contributed by atoms with Crippen molar-refractivity contribution in [2.75, 3.05) is 39.0 Å². The third-order valence-corrected chi connectivity index (χ3v) is 5.96. The first-order valence-electron chi connectivity index (χ1n) is 10.3. The van der Waals surface area contributed by atoms with E-state index in [0.29, 0.717) is 5.56 Å². The minimum absolute atomic E-state index is 0.0497. The zero-order chi connectivity index (χ0) is 25.0. The summed E-state index contributed by atoms with van der Waals surface area (Å²) in [5, 5.41) is 19.8. The van der Waals surface area contributed by atoms with Crippen LogP contribution in [0.25, 0.3) is 0 Å². The molecule has 0 radical (unpaired) electrons. The highest BCUT2D eigenvalue weighted by Crippen LogP contribution is 2.26. The van der Waals surface area contributed by atoms with Gasteiger partial charge in [-0.1, -0.05) is 0 Å². The second-order valence-corrected chi connectivity index (χ2v) is 9.39. The number of amides is 4. The first-order valence-corrected chi connectivity index (χ1v) is 12.1. The molecule has 3 rings (SSSR count). The van der Waals surface area contributed by atoms with Crippen LogP contribution in [0.1, 0.15) is 12.0 Å². The number of rotatable bonds is 8. The van der Waals surface area contributed by atoms with Gasteiger partial charge in [0.1, 0.15) is 12.6 Å². The predicted octanol–water partition coefficient (Wildman–Crippen LogP) is -0.0930. The van der Waals surface area contributed by atoms with Crippen LogP contribution >= 0.6 is 0 Å². The van der Waals surface area contributed by atoms with Gasteiger partial charge in [-0.05, 0) is 17.7 Å². The Balaban J connectivity index is 1.72. The van der Waals surface area contributed by atoms with Crippen molar-refractivity contribution < 1.29 is 41.8 Å². The van der Waals surface area contributed by atoms with Crippen LogP contribution in [0.2, 0.25) is 0 Å². The molecule has 14 nitrogen and oxygen atoms in total. The van der Waals surface area contributed by atoms with Crippen molar-refractivity contribution in [1.29, 1.82) is 0 Å². The topological polar surface area (TPSA) is 177 Å². The van der Waals surface area contributed by atoms with Gasteiger partial charge in [-0.3, -0.25) is 28.9 Å². The summed E-state index contributed by atoms with van der Waals surface area (Å²) in [4.78, 5) is 51.8. The molecule has 0 saturated carbocycles. The van der Waals surface area contributed by atoms with Crippen molar-refractivity contribution >= 4 is 33.8 Å². The number of urea groups is 1. The summed E-state index contributed by atoms with van der Waals surface area (Å²) in [6.45, 7) is -0.469. The van der Waals surface area contributed by atoms with Crippen LogP contribution in [0.3, 0.4) is 0 Å². The van der Waals surface area contributed by atoms with Crippen LogP contribution < -0.4 is 0 Å². The first-order chi connectivity index (χ1) is 16.0. The lowest BCUT2D eigenvalue weighted by Crippen LogP contribution is -2.49. The number of nitrogens with zero attached hydrogens (tertiary/aromatic N) is 4. The minimum Gasteiger partial charge on any atom is -0.445 e. The van der Waals surface area contributed by atoms with Gasteiger partial charge in [-0.2, -0.15) is 8.42 Å². The quantitative estimate of drug-likeness (QED) is 0.288. The number of hydrogen-bond acceptors (Lipinski definition) is 10. The van der Waals surface area contributed by atoms with E-state index in [0.717, 1.165) is 16.1 Å². The number of ether oxygens (including phenoxy) is 1. The molecule has 15 heteroatoms. The molecule has 0 spiro atoms. The van der Waals surface area contributed by atoms with Crippen LogP contribution in [0, 0.1) is 10.1 Å². The van der Waals surface area contributed by atoms with Crippen LogP contribution in [-0.2, 0) is 30.4 Å². The molecule has 2 aliphatic heterocycles. The molecule has 2 fully saturated rings. The van der Waals surface area contributed by atoms with Gasteiger partial charge < -0.3 is 14.7 Å². The molecule has 186 valence electrons. The van der Waals surface area contributed by atoms with Gasteiger partial charge in [-0.15, -0.1) is 0 Å². The number of hydrogen-bond donors (Lipinski definition) is 1. The van der Waals surface area contributed by atoms with Crippen LogP contribution in [0.5, 0.6) is 0 Å². The maximum absolute atomic E-state index is 13.1. The molecule has 2 saturated heterocycles. The third-order valence-electron chi connectivity index (χ3n) is 5.33. The summed E-state index contributed by atoms with van der Waals surface area (Å²) in [5.41, 5.74) is 0.325. The van der Waals surface area contributed by atoms with E-state index in [1.54, 1.807) is 0 Å². The number of β-amino-alcohol motifs (C(OH)–C–C–N with tert-alkyl or cyclic N) is 1. The van der Waals surface area contributed by atoms with E-state index < -0.39 is 45.2 Å². The lowest BCUT2D eigenvalue weighted by molar-refractivity contribution is -0.384. The highest BCUT2D eigenvalue weighted by molar-refractivity contribution is 7.86. The van der Waals surface area contributed by atoms with Gasteiger partial charge in [0.25, 0.3) is 21.7 Å². The Hall–Kier alpha value is -3.30. The van der Waals surface area contributed by atoms with Gasteiger partial charge in [-0.25, -0.2) is 9.59 Å². The Morgan fingerprint density at radius 2 is 1.91 bits per heavy atom. The molecule has 1 N–H and O–H groups in total. The predicted molar refractivity (Wildman–Crippen MR) is 114 cm³/mol. The van der Waals surface area contributed by atoms with Gasteiger partial charge in [0, 0.05) is 38.2 Å². The summed E-state index contributed by atoms with van der Waals surface area (Å²) in [5.74, 6) is -0.711. The molecule has 2 aliphatic rings. The molecule has 1 aromatic rings. The molecule has 2 heterocycles. The van der Waals surface area contributed by atoms with E-state index in [-0.39, 0.29) is 51.5 Å². The van der Waals surface area contributed by atoms with Crippen molar-refractivity contribution in [2.24, 2.45) is 0 Å². The van der Waals surface area contributed by atoms with Gasteiger partial charge in [0.05, 0.1) is 30.4 Å². The van der Waals surface area contributed by atoms with Crippen LogP contribution in [-0.4, -0.2) is 102 Å². The molecule has 0 bridgehead atoms. The van der Waals surface area contributed by atoms with Crippen LogP contribution in [0.15, 0.2) is 24.3 Å². The summed E-state index contributed by atoms with van der Waals surface area (Å²) in [6.07, 6.45) is -1.27. The Kier molecular flexibility index (Phi) is 7.68. The number of aliphatic hydroxyl groups excluding tert-OH is 1. The second kappa shape index (κ2) is 10.3. The lowest BCUT2D eigenvalue weighted by atomic mass is 10.2. The average Bonchev–Trinajstić information content (AvgIpc) is 3.34. The lowest BCUT2D eigenvalue weighted by Gasteiger charge is -2.26. The number of carbonyl (C=O) groups excluding carboxylic acids is 3. The van der Waals surface area contributed by atoms with E-state index in [1.807, 2.05) is 0 Å².